The minimum Gasteiger partial charge on any atom is -0.349 e. The molecule has 0 unspecified atom stereocenters. The summed E-state index contributed by atoms with van der Waals surface area (Å²) in [6.07, 6.45) is 1.51. The third-order valence-corrected chi connectivity index (χ3v) is 3.36. The van der Waals surface area contributed by atoms with Gasteiger partial charge in [-0.3, -0.25) is 19.7 Å². The fraction of sp³-hybridized carbons (Fsp3) is 0.385. The second-order valence-electron chi connectivity index (χ2n) is 4.83. The molecule has 1 aromatic rings. The molecule has 1 saturated carbocycles. The summed E-state index contributed by atoms with van der Waals surface area (Å²) in [6, 6.07) is 0.591. The van der Waals surface area contributed by atoms with Crippen LogP contribution in [0.15, 0.2) is 12.1 Å². The molecule has 0 saturated heterocycles. The van der Waals surface area contributed by atoms with Gasteiger partial charge in [-0.15, -0.1) is 0 Å². The number of amides is 1. The van der Waals surface area contributed by atoms with Crippen molar-refractivity contribution in [3.05, 3.63) is 39.4 Å². The van der Waals surface area contributed by atoms with Crippen molar-refractivity contribution in [3.8, 4) is 0 Å². The first-order valence-corrected chi connectivity index (χ1v) is 6.34. The van der Waals surface area contributed by atoms with Gasteiger partial charge in [-0.2, -0.15) is 0 Å². The Morgan fingerprint density at radius 1 is 1.24 bits per heavy atom. The number of Topliss-reactive ketones (excluding diaryl/α,β-unsaturated/α-hetero) is 1. The van der Waals surface area contributed by atoms with Crippen molar-refractivity contribution in [2.24, 2.45) is 0 Å². The van der Waals surface area contributed by atoms with Gasteiger partial charge in [0.2, 0.25) is 0 Å². The number of nitrogens with zero attached hydrogens (tertiary/aromatic N) is 1. The predicted octanol–water partition coefficient (Wildman–Crippen LogP) is 2.11. The van der Waals surface area contributed by atoms with Crippen molar-refractivity contribution >= 4 is 17.4 Å². The molecule has 1 amide bonds. The van der Waals surface area contributed by atoms with Crippen LogP contribution in [0.25, 0.3) is 0 Å². The van der Waals surface area contributed by atoms with E-state index in [2.05, 4.69) is 5.32 Å². The van der Waals surface area contributed by atoms with Gasteiger partial charge in [-0.05, 0) is 18.9 Å². The lowest BCUT2D eigenvalue weighted by Crippen LogP contribution is -2.38. The molecule has 1 fully saturated rings. The average molecular weight is 298 g/mol. The largest absolute Gasteiger partial charge is 0.349 e. The Morgan fingerprint density at radius 2 is 1.81 bits per heavy atom. The molecule has 6 nitrogen and oxygen atoms in total. The Labute approximate surface area is 118 Å². The van der Waals surface area contributed by atoms with E-state index >= 15 is 0 Å². The molecule has 0 aromatic heterocycles. The van der Waals surface area contributed by atoms with E-state index in [9.17, 15) is 28.5 Å². The number of halogens is 2. The summed E-state index contributed by atoms with van der Waals surface area (Å²) in [5.41, 5.74) is -1.32. The fourth-order valence-corrected chi connectivity index (χ4v) is 2.22. The van der Waals surface area contributed by atoms with Gasteiger partial charge in [-0.1, -0.05) is 0 Å². The third kappa shape index (κ3) is 3.39. The van der Waals surface area contributed by atoms with E-state index in [-0.39, 0.29) is 11.8 Å². The van der Waals surface area contributed by atoms with E-state index in [1.54, 1.807) is 0 Å². The van der Waals surface area contributed by atoms with E-state index in [4.69, 9.17) is 0 Å². The van der Waals surface area contributed by atoms with Gasteiger partial charge < -0.3 is 5.32 Å². The zero-order chi connectivity index (χ0) is 15.6. The molecule has 1 aromatic carbocycles. The average Bonchev–Trinajstić information content (AvgIpc) is 2.43. The molecule has 1 aliphatic rings. The lowest BCUT2D eigenvalue weighted by Gasteiger charge is -2.22. The highest BCUT2D eigenvalue weighted by molar-refractivity contribution is 5.98. The van der Waals surface area contributed by atoms with Crippen LogP contribution < -0.4 is 5.32 Å². The number of hydrogen-bond acceptors (Lipinski definition) is 4. The summed E-state index contributed by atoms with van der Waals surface area (Å²) >= 11 is 0. The highest BCUT2D eigenvalue weighted by Crippen LogP contribution is 2.23. The Kier molecular flexibility index (Phi) is 4.25. The second-order valence-corrected chi connectivity index (χ2v) is 4.83. The van der Waals surface area contributed by atoms with Crippen LogP contribution >= 0.6 is 0 Å². The highest BCUT2D eigenvalue weighted by Gasteiger charge is 2.27. The van der Waals surface area contributed by atoms with Crippen LogP contribution in [0.3, 0.4) is 0 Å². The number of carbonyl (C=O) groups excluding carboxylic acids is 2. The summed E-state index contributed by atoms with van der Waals surface area (Å²) in [4.78, 5) is 33.0. The van der Waals surface area contributed by atoms with Crippen LogP contribution in [0.1, 0.15) is 36.0 Å². The minimum absolute atomic E-state index is 0.0966. The monoisotopic (exact) mass is 298 g/mol. The molecule has 0 spiro atoms. The molecular formula is C13H12F2N2O4. The zero-order valence-electron chi connectivity index (χ0n) is 10.9. The molecule has 0 atom stereocenters. The highest BCUT2D eigenvalue weighted by atomic mass is 19.2. The number of nitro groups is 1. The smallest absolute Gasteiger partial charge is 0.285 e. The minimum atomic E-state index is -1.39. The Hall–Kier alpha value is -2.38. The van der Waals surface area contributed by atoms with Crippen molar-refractivity contribution in [2.45, 2.75) is 31.7 Å². The molecule has 0 aliphatic heterocycles. The van der Waals surface area contributed by atoms with Crippen molar-refractivity contribution in [2.75, 3.05) is 0 Å². The van der Waals surface area contributed by atoms with E-state index in [0.29, 0.717) is 37.8 Å². The molecule has 8 heteroatoms. The van der Waals surface area contributed by atoms with Gasteiger partial charge in [0.05, 0.1) is 11.0 Å². The van der Waals surface area contributed by atoms with Crippen LogP contribution in [0.5, 0.6) is 0 Å². The van der Waals surface area contributed by atoms with Crippen molar-refractivity contribution in [1.82, 2.24) is 5.32 Å². The van der Waals surface area contributed by atoms with Crippen LogP contribution in [0.2, 0.25) is 0 Å². The maximum Gasteiger partial charge on any atom is 0.285 e. The SMILES string of the molecule is O=C1CCC(NC(=O)c2cc(F)c(F)cc2[N+](=O)[O-])CC1. The van der Waals surface area contributed by atoms with Crippen molar-refractivity contribution in [3.63, 3.8) is 0 Å². The van der Waals surface area contributed by atoms with Gasteiger partial charge in [0.1, 0.15) is 11.3 Å². The first-order chi connectivity index (χ1) is 9.88. The standard InChI is InChI=1S/C13H12F2N2O4/c14-10-5-9(12(17(20)21)6-11(10)15)13(19)16-7-1-3-8(18)4-2-7/h5-7H,1-4H2,(H,16,19). The summed E-state index contributed by atoms with van der Waals surface area (Å²) in [5, 5.41) is 13.3. The lowest BCUT2D eigenvalue weighted by molar-refractivity contribution is -0.385. The van der Waals surface area contributed by atoms with Crippen LogP contribution in [-0.4, -0.2) is 22.7 Å². The first-order valence-electron chi connectivity index (χ1n) is 6.34. The molecule has 112 valence electrons. The zero-order valence-corrected chi connectivity index (χ0v) is 10.9. The van der Waals surface area contributed by atoms with Gasteiger partial charge in [0, 0.05) is 18.9 Å². The van der Waals surface area contributed by atoms with Gasteiger partial charge in [0.25, 0.3) is 11.6 Å². The van der Waals surface area contributed by atoms with Crippen molar-refractivity contribution in [1.29, 1.82) is 0 Å². The van der Waals surface area contributed by atoms with Crippen molar-refractivity contribution < 1.29 is 23.3 Å². The molecular weight excluding hydrogens is 286 g/mol. The lowest BCUT2D eigenvalue weighted by atomic mass is 9.94. The van der Waals surface area contributed by atoms with E-state index in [1.807, 2.05) is 0 Å². The first kappa shape index (κ1) is 15.0. The number of ketones is 1. The molecule has 1 N–H and O–H groups in total. The van der Waals surface area contributed by atoms with Crippen LogP contribution in [-0.2, 0) is 4.79 Å². The number of benzene rings is 1. The Morgan fingerprint density at radius 3 is 2.38 bits per heavy atom. The topological polar surface area (TPSA) is 89.3 Å². The normalized spacial score (nSPS) is 15.8. The summed E-state index contributed by atoms with van der Waals surface area (Å²) in [7, 11) is 0. The number of nitro benzene ring substituents is 1. The van der Waals surface area contributed by atoms with E-state index in [1.165, 1.54) is 0 Å². The number of nitrogens with one attached hydrogen (secondary N) is 1. The maximum atomic E-state index is 13.2. The maximum absolute atomic E-state index is 13.2. The van der Waals surface area contributed by atoms with E-state index < -0.39 is 33.7 Å². The van der Waals surface area contributed by atoms with Crippen LogP contribution in [0.4, 0.5) is 14.5 Å². The molecule has 0 radical (unpaired) electrons. The quantitative estimate of drug-likeness (QED) is 0.683. The Bertz CT molecular complexity index is 608. The molecule has 21 heavy (non-hydrogen) atoms. The molecule has 0 heterocycles. The Balaban J connectivity index is 2.20. The fourth-order valence-electron chi connectivity index (χ4n) is 2.22. The number of hydrogen-bond donors (Lipinski definition) is 1. The van der Waals surface area contributed by atoms with Gasteiger partial charge in [0.15, 0.2) is 11.6 Å². The third-order valence-electron chi connectivity index (χ3n) is 3.36. The van der Waals surface area contributed by atoms with E-state index in [0.717, 1.165) is 0 Å². The number of carbonyl (C=O) groups is 2. The van der Waals surface area contributed by atoms with Gasteiger partial charge >= 0.3 is 0 Å². The summed E-state index contributed by atoms with van der Waals surface area (Å²) < 4.78 is 26.2. The van der Waals surface area contributed by atoms with Gasteiger partial charge in [-0.25, -0.2) is 8.78 Å². The summed E-state index contributed by atoms with van der Waals surface area (Å²) in [6.45, 7) is 0. The second kappa shape index (κ2) is 5.94. The molecule has 0 bridgehead atoms. The molecule has 2 rings (SSSR count). The summed E-state index contributed by atoms with van der Waals surface area (Å²) in [5.74, 6) is -3.47. The molecule has 1 aliphatic carbocycles. The predicted molar refractivity (Wildman–Crippen MR) is 67.7 cm³/mol. The van der Waals surface area contributed by atoms with Crippen LogP contribution in [0, 0.1) is 21.7 Å². The number of rotatable bonds is 3.